The maximum Gasteiger partial charge on any atom is 0.359 e. The summed E-state index contributed by atoms with van der Waals surface area (Å²) in [5.41, 5.74) is 3.79. The van der Waals surface area contributed by atoms with Gasteiger partial charge in [-0.2, -0.15) is 5.10 Å². The minimum absolute atomic E-state index is 0.0391. The van der Waals surface area contributed by atoms with Crippen LogP contribution in [0.25, 0.3) is 10.9 Å². The molecule has 1 N–H and O–H groups in total. The molecule has 2 aromatic heterocycles. The number of aromatic nitrogens is 3. The first kappa shape index (κ1) is 17.3. The first-order valence-electron chi connectivity index (χ1n) is 9.24. The fraction of sp³-hybridized carbons (Fsp3) is 0.350. The number of carbonyl (C=O) groups excluding carboxylic acids is 2. The number of H-pyrrole nitrogens is 1. The van der Waals surface area contributed by atoms with Gasteiger partial charge in [0.05, 0.1) is 13.2 Å². The van der Waals surface area contributed by atoms with Gasteiger partial charge in [0.25, 0.3) is 5.91 Å². The van der Waals surface area contributed by atoms with Crippen LogP contribution < -0.4 is 0 Å². The number of hydrogen-bond acceptors (Lipinski definition) is 4. The number of ether oxygens (including phenoxy) is 1. The Balaban J connectivity index is 1.64. The first-order chi connectivity index (χ1) is 13.1. The highest BCUT2D eigenvalue weighted by atomic mass is 16.5. The predicted octanol–water partition coefficient (Wildman–Crippen LogP) is 2.76. The first-order valence-corrected chi connectivity index (χ1v) is 9.24. The number of fused-ring (bicyclic) bond motifs is 2. The van der Waals surface area contributed by atoms with Crippen LogP contribution in [0.15, 0.2) is 30.5 Å². The lowest BCUT2D eigenvalue weighted by molar-refractivity contribution is 0.0513. The van der Waals surface area contributed by atoms with E-state index in [-0.39, 0.29) is 5.91 Å². The summed E-state index contributed by atoms with van der Waals surface area (Å²) in [6.07, 6.45) is 2.53. The van der Waals surface area contributed by atoms with Gasteiger partial charge in [-0.15, -0.1) is 0 Å². The highest BCUT2D eigenvalue weighted by Gasteiger charge is 2.30. The van der Waals surface area contributed by atoms with Crippen LogP contribution in [0.2, 0.25) is 0 Å². The molecule has 7 nitrogen and oxygen atoms in total. The molecule has 3 heterocycles. The van der Waals surface area contributed by atoms with Crippen molar-refractivity contribution in [2.45, 2.75) is 33.4 Å². The second-order valence-electron chi connectivity index (χ2n) is 6.57. The Morgan fingerprint density at radius 2 is 2.11 bits per heavy atom. The number of aryl methyl sites for hydroxylation is 1. The summed E-state index contributed by atoms with van der Waals surface area (Å²) in [5, 5.41) is 5.43. The quantitative estimate of drug-likeness (QED) is 0.720. The number of hydrogen-bond donors (Lipinski definition) is 1. The molecule has 140 valence electrons. The molecule has 0 atom stereocenters. The van der Waals surface area contributed by atoms with Crippen LogP contribution in [0.3, 0.4) is 0 Å². The van der Waals surface area contributed by atoms with Crippen LogP contribution >= 0.6 is 0 Å². The van der Waals surface area contributed by atoms with Crippen molar-refractivity contribution in [2.24, 2.45) is 0 Å². The molecule has 4 rings (SSSR count). The second kappa shape index (κ2) is 6.90. The average molecular weight is 366 g/mol. The molecule has 1 aliphatic rings. The van der Waals surface area contributed by atoms with E-state index in [0.29, 0.717) is 43.9 Å². The van der Waals surface area contributed by atoms with Crippen LogP contribution in [-0.2, 0) is 24.2 Å². The lowest BCUT2D eigenvalue weighted by Crippen LogP contribution is -2.36. The largest absolute Gasteiger partial charge is 0.461 e. The van der Waals surface area contributed by atoms with E-state index in [1.165, 1.54) is 0 Å². The SMILES string of the molecule is CCOC(=O)c1nn(CC)c2c1CN(C(=O)c1ccc3[nH]ccc3c1)CC2. The number of amides is 1. The molecule has 7 heteroatoms. The summed E-state index contributed by atoms with van der Waals surface area (Å²) >= 11 is 0. The van der Waals surface area contributed by atoms with Crippen molar-refractivity contribution in [3.8, 4) is 0 Å². The highest BCUT2D eigenvalue weighted by molar-refractivity contribution is 5.98. The lowest BCUT2D eigenvalue weighted by atomic mass is 10.0. The molecule has 0 radical (unpaired) electrons. The van der Waals surface area contributed by atoms with Gasteiger partial charge in [-0.1, -0.05) is 0 Å². The van der Waals surface area contributed by atoms with Gasteiger partial charge in [-0.3, -0.25) is 9.48 Å². The Bertz CT molecular complexity index is 1020. The fourth-order valence-corrected chi connectivity index (χ4v) is 3.66. The predicted molar refractivity (Wildman–Crippen MR) is 101 cm³/mol. The maximum absolute atomic E-state index is 13.0. The zero-order chi connectivity index (χ0) is 19.0. The van der Waals surface area contributed by atoms with Gasteiger partial charge >= 0.3 is 5.97 Å². The van der Waals surface area contributed by atoms with E-state index in [4.69, 9.17) is 4.74 Å². The van der Waals surface area contributed by atoms with Crippen molar-refractivity contribution in [3.63, 3.8) is 0 Å². The van der Waals surface area contributed by atoms with Crippen LogP contribution in [0, 0.1) is 0 Å². The zero-order valence-corrected chi connectivity index (χ0v) is 15.5. The molecule has 0 saturated carbocycles. The monoisotopic (exact) mass is 366 g/mol. The molecule has 1 aromatic carbocycles. The fourth-order valence-electron chi connectivity index (χ4n) is 3.66. The second-order valence-corrected chi connectivity index (χ2v) is 6.57. The summed E-state index contributed by atoms with van der Waals surface area (Å²) in [6, 6.07) is 7.59. The van der Waals surface area contributed by atoms with Crippen molar-refractivity contribution in [2.75, 3.05) is 13.2 Å². The van der Waals surface area contributed by atoms with Crippen LogP contribution in [0.5, 0.6) is 0 Å². The van der Waals surface area contributed by atoms with Gasteiger partial charge in [-0.25, -0.2) is 4.79 Å². The topological polar surface area (TPSA) is 80.2 Å². The van der Waals surface area contributed by atoms with Crippen molar-refractivity contribution in [3.05, 3.63) is 53.0 Å². The van der Waals surface area contributed by atoms with Crippen molar-refractivity contribution >= 4 is 22.8 Å². The van der Waals surface area contributed by atoms with Crippen LogP contribution in [-0.4, -0.2) is 44.7 Å². The van der Waals surface area contributed by atoms with Crippen LogP contribution in [0.4, 0.5) is 0 Å². The van der Waals surface area contributed by atoms with E-state index in [9.17, 15) is 9.59 Å². The van der Waals surface area contributed by atoms with Crippen molar-refractivity contribution in [1.82, 2.24) is 19.7 Å². The number of carbonyl (C=O) groups is 2. The van der Waals surface area contributed by atoms with Crippen molar-refractivity contribution in [1.29, 1.82) is 0 Å². The van der Waals surface area contributed by atoms with Gasteiger partial charge in [-0.05, 0) is 38.1 Å². The number of benzene rings is 1. The summed E-state index contributed by atoms with van der Waals surface area (Å²) < 4.78 is 6.99. The van der Waals surface area contributed by atoms with E-state index < -0.39 is 5.97 Å². The molecular formula is C20H22N4O3. The zero-order valence-electron chi connectivity index (χ0n) is 15.5. The number of aromatic amines is 1. The molecule has 1 aliphatic heterocycles. The van der Waals surface area contributed by atoms with E-state index in [1.54, 1.807) is 11.8 Å². The summed E-state index contributed by atoms with van der Waals surface area (Å²) in [7, 11) is 0. The lowest BCUT2D eigenvalue weighted by Gasteiger charge is -2.28. The van der Waals surface area contributed by atoms with E-state index >= 15 is 0 Å². The number of nitrogens with zero attached hydrogens (tertiary/aromatic N) is 3. The third kappa shape index (κ3) is 2.99. The molecule has 1 amide bonds. The molecule has 0 fully saturated rings. The average Bonchev–Trinajstić information content (AvgIpc) is 3.30. The Labute approximate surface area is 156 Å². The molecule has 0 spiro atoms. The molecule has 0 aliphatic carbocycles. The Morgan fingerprint density at radius 3 is 2.89 bits per heavy atom. The third-order valence-electron chi connectivity index (χ3n) is 4.99. The van der Waals surface area contributed by atoms with E-state index in [0.717, 1.165) is 22.2 Å². The molecular weight excluding hydrogens is 344 g/mol. The minimum atomic E-state index is -0.427. The molecule has 0 bridgehead atoms. The minimum Gasteiger partial charge on any atom is -0.461 e. The Kier molecular flexibility index (Phi) is 4.43. The number of esters is 1. The van der Waals surface area contributed by atoms with Crippen molar-refractivity contribution < 1.29 is 14.3 Å². The molecule has 0 saturated heterocycles. The van der Waals surface area contributed by atoms with Gasteiger partial charge in [0, 0.05) is 53.4 Å². The number of nitrogens with one attached hydrogen (secondary N) is 1. The summed E-state index contributed by atoms with van der Waals surface area (Å²) in [4.78, 5) is 30.2. The van der Waals surface area contributed by atoms with E-state index in [2.05, 4.69) is 10.1 Å². The number of rotatable bonds is 4. The summed E-state index contributed by atoms with van der Waals surface area (Å²) in [5.74, 6) is -0.466. The molecule has 3 aromatic rings. The van der Waals surface area contributed by atoms with Gasteiger partial charge in [0.2, 0.25) is 0 Å². The Hall–Kier alpha value is -3.09. The third-order valence-corrected chi connectivity index (χ3v) is 4.99. The van der Waals surface area contributed by atoms with Crippen LogP contribution in [0.1, 0.15) is 46.0 Å². The smallest absolute Gasteiger partial charge is 0.359 e. The van der Waals surface area contributed by atoms with Gasteiger partial charge < -0.3 is 14.6 Å². The molecule has 0 unspecified atom stereocenters. The standard InChI is InChI=1S/C20H22N4O3/c1-3-24-17-8-10-23(12-15(17)18(22-24)20(26)27-4-2)19(25)14-5-6-16-13(11-14)7-9-21-16/h5-7,9,11,21H,3-4,8,10,12H2,1-2H3. The van der Waals surface area contributed by atoms with Gasteiger partial charge in [0.1, 0.15) is 0 Å². The van der Waals surface area contributed by atoms with E-state index in [1.807, 2.05) is 42.1 Å². The normalized spacial score (nSPS) is 13.6. The molecule has 27 heavy (non-hydrogen) atoms. The summed E-state index contributed by atoms with van der Waals surface area (Å²) in [6.45, 7) is 5.71. The maximum atomic E-state index is 13.0. The highest BCUT2D eigenvalue weighted by Crippen LogP contribution is 2.25. The Morgan fingerprint density at radius 1 is 1.26 bits per heavy atom. The van der Waals surface area contributed by atoms with Gasteiger partial charge in [0.15, 0.2) is 5.69 Å².